The fraction of sp³-hybridized carbons (Fsp3) is 0.600. The third-order valence-corrected chi connectivity index (χ3v) is 1.82. The van der Waals surface area contributed by atoms with Crippen molar-refractivity contribution >= 4 is 0 Å². The monoisotopic (exact) mass is 136 g/mol. The molecule has 56 valence electrons. The van der Waals surface area contributed by atoms with Gasteiger partial charge in [-0.3, -0.25) is 0 Å². The predicted molar refractivity (Wildman–Crippen MR) is 45.9 cm³/mol. The Kier molecular flexibility index (Phi) is 1.98. The van der Waals surface area contributed by atoms with Gasteiger partial charge in [-0.15, -0.1) is 0 Å². The Balaban J connectivity index is 2.59. The quantitative estimate of drug-likeness (QED) is 0.546. The Morgan fingerprint density at radius 1 is 1.40 bits per heavy atom. The highest BCUT2D eigenvalue weighted by atomic mass is 14.2. The SMILES string of the molecule is CCCC1=CC(C)(C)C=C1. The van der Waals surface area contributed by atoms with Gasteiger partial charge in [0.2, 0.25) is 0 Å². The molecule has 0 bridgehead atoms. The van der Waals surface area contributed by atoms with Crippen LogP contribution in [0.4, 0.5) is 0 Å². The molecule has 0 heteroatoms. The van der Waals surface area contributed by atoms with Crippen LogP contribution in [0.15, 0.2) is 23.8 Å². The van der Waals surface area contributed by atoms with Crippen molar-refractivity contribution in [3.8, 4) is 0 Å². The van der Waals surface area contributed by atoms with Crippen molar-refractivity contribution in [1.82, 2.24) is 0 Å². The van der Waals surface area contributed by atoms with E-state index >= 15 is 0 Å². The highest BCUT2D eigenvalue weighted by Gasteiger charge is 2.15. The van der Waals surface area contributed by atoms with Crippen molar-refractivity contribution < 1.29 is 0 Å². The Hall–Kier alpha value is -0.520. The summed E-state index contributed by atoms with van der Waals surface area (Å²) in [6, 6.07) is 0. The molecule has 0 amide bonds. The van der Waals surface area contributed by atoms with E-state index in [1.54, 1.807) is 0 Å². The summed E-state index contributed by atoms with van der Waals surface area (Å²) >= 11 is 0. The van der Waals surface area contributed by atoms with Crippen LogP contribution in [0.2, 0.25) is 0 Å². The Labute approximate surface area is 63.6 Å². The lowest BCUT2D eigenvalue weighted by Crippen LogP contribution is -1.97. The zero-order valence-electron chi connectivity index (χ0n) is 7.15. The molecule has 0 saturated heterocycles. The van der Waals surface area contributed by atoms with Crippen LogP contribution >= 0.6 is 0 Å². The van der Waals surface area contributed by atoms with Crippen LogP contribution in [0.5, 0.6) is 0 Å². The third kappa shape index (κ3) is 1.73. The van der Waals surface area contributed by atoms with Crippen molar-refractivity contribution in [2.75, 3.05) is 0 Å². The van der Waals surface area contributed by atoms with Gasteiger partial charge in [-0.25, -0.2) is 0 Å². The zero-order valence-corrected chi connectivity index (χ0v) is 7.15. The van der Waals surface area contributed by atoms with Crippen LogP contribution in [-0.4, -0.2) is 0 Å². The maximum absolute atomic E-state index is 2.36. The maximum atomic E-state index is 2.36. The smallest absolute Gasteiger partial charge is 0.00134 e. The first-order chi connectivity index (χ1) is 4.64. The molecule has 10 heavy (non-hydrogen) atoms. The van der Waals surface area contributed by atoms with Crippen LogP contribution in [-0.2, 0) is 0 Å². The average Bonchev–Trinajstić information content (AvgIpc) is 2.12. The van der Waals surface area contributed by atoms with Gasteiger partial charge in [-0.2, -0.15) is 0 Å². The van der Waals surface area contributed by atoms with Gasteiger partial charge < -0.3 is 0 Å². The molecule has 0 fully saturated rings. The summed E-state index contributed by atoms with van der Waals surface area (Å²) in [4.78, 5) is 0. The number of hydrogen-bond donors (Lipinski definition) is 0. The van der Waals surface area contributed by atoms with Crippen LogP contribution in [0.3, 0.4) is 0 Å². The van der Waals surface area contributed by atoms with Gasteiger partial charge in [0.15, 0.2) is 0 Å². The highest BCUT2D eigenvalue weighted by molar-refractivity contribution is 5.32. The molecule has 0 atom stereocenters. The third-order valence-electron chi connectivity index (χ3n) is 1.82. The fourth-order valence-electron chi connectivity index (χ4n) is 1.34. The Morgan fingerprint density at radius 3 is 2.50 bits per heavy atom. The summed E-state index contributed by atoms with van der Waals surface area (Å²) in [6.45, 7) is 6.71. The summed E-state index contributed by atoms with van der Waals surface area (Å²) in [5.74, 6) is 0. The van der Waals surface area contributed by atoms with Gasteiger partial charge in [0, 0.05) is 5.41 Å². The molecule has 0 radical (unpaired) electrons. The van der Waals surface area contributed by atoms with Gasteiger partial charge in [0.25, 0.3) is 0 Å². The molecular weight excluding hydrogens is 120 g/mol. The van der Waals surface area contributed by atoms with Crippen molar-refractivity contribution in [2.45, 2.75) is 33.6 Å². The molecule has 0 saturated carbocycles. The van der Waals surface area contributed by atoms with E-state index in [1.807, 2.05) is 0 Å². The summed E-state index contributed by atoms with van der Waals surface area (Å²) in [7, 11) is 0. The molecule has 0 spiro atoms. The summed E-state index contributed by atoms with van der Waals surface area (Å²) < 4.78 is 0. The molecule has 1 aliphatic rings. The topological polar surface area (TPSA) is 0 Å². The molecule has 0 heterocycles. The molecule has 0 nitrogen and oxygen atoms in total. The van der Waals surface area contributed by atoms with E-state index in [2.05, 4.69) is 39.0 Å². The second-order valence-corrected chi connectivity index (χ2v) is 3.62. The van der Waals surface area contributed by atoms with Gasteiger partial charge in [0.05, 0.1) is 0 Å². The fourth-order valence-corrected chi connectivity index (χ4v) is 1.34. The first-order valence-corrected chi connectivity index (χ1v) is 4.05. The minimum atomic E-state index is 0.324. The van der Waals surface area contributed by atoms with Crippen LogP contribution in [0, 0.1) is 5.41 Å². The van der Waals surface area contributed by atoms with Gasteiger partial charge in [0.1, 0.15) is 0 Å². The normalized spacial score (nSPS) is 21.3. The second kappa shape index (κ2) is 2.61. The van der Waals surface area contributed by atoms with Crippen molar-refractivity contribution in [3.05, 3.63) is 23.8 Å². The van der Waals surface area contributed by atoms with E-state index in [0.717, 1.165) is 0 Å². The Morgan fingerprint density at radius 2 is 2.10 bits per heavy atom. The van der Waals surface area contributed by atoms with E-state index in [-0.39, 0.29) is 0 Å². The van der Waals surface area contributed by atoms with Crippen LogP contribution in [0.25, 0.3) is 0 Å². The minimum Gasteiger partial charge on any atom is -0.0748 e. The first kappa shape index (κ1) is 7.59. The van der Waals surface area contributed by atoms with E-state index in [0.29, 0.717) is 5.41 Å². The standard InChI is InChI=1S/C10H16/c1-4-5-9-6-7-10(2,3)8-9/h6-8H,4-5H2,1-3H3. The largest absolute Gasteiger partial charge is 0.0748 e. The molecule has 0 aromatic carbocycles. The lowest BCUT2D eigenvalue weighted by molar-refractivity contribution is 0.633. The molecule has 1 aliphatic carbocycles. The summed E-state index contributed by atoms with van der Waals surface area (Å²) in [5, 5.41) is 0. The van der Waals surface area contributed by atoms with Crippen LogP contribution in [0.1, 0.15) is 33.6 Å². The van der Waals surface area contributed by atoms with Gasteiger partial charge in [-0.1, -0.05) is 51.0 Å². The van der Waals surface area contributed by atoms with Gasteiger partial charge >= 0.3 is 0 Å². The number of allylic oxidation sites excluding steroid dienone is 4. The average molecular weight is 136 g/mol. The number of rotatable bonds is 2. The van der Waals surface area contributed by atoms with E-state index in [4.69, 9.17) is 0 Å². The van der Waals surface area contributed by atoms with Crippen LogP contribution < -0.4 is 0 Å². The van der Waals surface area contributed by atoms with E-state index in [1.165, 1.54) is 18.4 Å². The van der Waals surface area contributed by atoms with E-state index < -0.39 is 0 Å². The van der Waals surface area contributed by atoms with Crippen molar-refractivity contribution in [2.24, 2.45) is 5.41 Å². The minimum absolute atomic E-state index is 0.324. The molecular formula is C10H16. The lowest BCUT2D eigenvalue weighted by Gasteiger charge is -2.09. The molecule has 0 aromatic heterocycles. The van der Waals surface area contributed by atoms with Gasteiger partial charge in [-0.05, 0) is 6.42 Å². The summed E-state index contributed by atoms with van der Waals surface area (Å²) in [6.07, 6.45) is 9.38. The maximum Gasteiger partial charge on any atom is 0.00134 e. The summed E-state index contributed by atoms with van der Waals surface area (Å²) in [5.41, 5.74) is 1.83. The highest BCUT2D eigenvalue weighted by Crippen LogP contribution is 2.29. The van der Waals surface area contributed by atoms with Crippen molar-refractivity contribution in [3.63, 3.8) is 0 Å². The molecule has 0 aromatic rings. The molecule has 0 aliphatic heterocycles. The Bertz CT molecular complexity index is 170. The first-order valence-electron chi connectivity index (χ1n) is 4.05. The predicted octanol–water partition coefficient (Wildman–Crippen LogP) is 3.31. The molecule has 0 unspecified atom stereocenters. The zero-order chi connectivity index (χ0) is 7.61. The van der Waals surface area contributed by atoms with Crippen molar-refractivity contribution in [1.29, 1.82) is 0 Å². The molecule has 0 N–H and O–H groups in total. The second-order valence-electron chi connectivity index (χ2n) is 3.62. The lowest BCUT2D eigenvalue weighted by atomic mass is 9.96. The van der Waals surface area contributed by atoms with E-state index in [9.17, 15) is 0 Å². The molecule has 1 rings (SSSR count). The number of hydrogen-bond acceptors (Lipinski definition) is 0.